The molecule has 0 aliphatic carbocycles. The number of benzene rings is 3. The van der Waals surface area contributed by atoms with Gasteiger partial charge in [0.2, 0.25) is 0 Å². The first-order valence-corrected chi connectivity index (χ1v) is 9.81. The standard InChI is InChI=1S/C23H20OS/c1-2-3-9-17-14-20-16-19-12-7-8-13-22(19)25(24)23(20)21(15-17)18-10-5-4-6-11-18/h3-15H,2,16H2,1H3. The van der Waals surface area contributed by atoms with Gasteiger partial charge >= 0.3 is 0 Å². The summed E-state index contributed by atoms with van der Waals surface area (Å²) in [6.07, 6.45) is 6.18. The van der Waals surface area contributed by atoms with Crippen molar-refractivity contribution in [1.82, 2.24) is 0 Å². The Balaban J connectivity index is 1.95. The zero-order valence-corrected chi connectivity index (χ0v) is 15.1. The normalized spacial score (nSPS) is 15.8. The summed E-state index contributed by atoms with van der Waals surface area (Å²) in [6, 6.07) is 22.7. The van der Waals surface area contributed by atoms with E-state index in [1.165, 1.54) is 16.7 Å². The number of hydrogen-bond donors (Lipinski definition) is 0. The highest BCUT2D eigenvalue weighted by molar-refractivity contribution is 7.85. The van der Waals surface area contributed by atoms with Gasteiger partial charge < -0.3 is 0 Å². The number of hydrogen-bond acceptors (Lipinski definition) is 1. The Morgan fingerprint density at radius 1 is 0.960 bits per heavy atom. The Morgan fingerprint density at radius 2 is 1.72 bits per heavy atom. The molecule has 0 fully saturated rings. The molecule has 124 valence electrons. The predicted molar refractivity (Wildman–Crippen MR) is 105 cm³/mol. The van der Waals surface area contributed by atoms with Gasteiger partial charge in [0.25, 0.3) is 0 Å². The molecule has 3 aromatic carbocycles. The van der Waals surface area contributed by atoms with Crippen LogP contribution in [0.25, 0.3) is 17.2 Å². The second kappa shape index (κ2) is 6.81. The summed E-state index contributed by atoms with van der Waals surface area (Å²) in [4.78, 5) is 1.92. The molecule has 0 saturated heterocycles. The summed E-state index contributed by atoms with van der Waals surface area (Å²) in [7, 11) is -1.14. The molecule has 2 heteroatoms. The van der Waals surface area contributed by atoms with Crippen LogP contribution >= 0.6 is 0 Å². The van der Waals surface area contributed by atoms with Crippen molar-refractivity contribution in [2.45, 2.75) is 29.6 Å². The fraction of sp³-hybridized carbons (Fsp3) is 0.130. The molecule has 3 aromatic rings. The van der Waals surface area contributed by atoms with E-state index in [0.717, 1.165) is 33.8 Å². The molecule has 0 N–H and O–H groups in total. The minimum Gasteiger partial charge on any atom is -0.249 e. The minimum atomic E-state index is -1.14. The Bertz CT molecular complexity index is 971. The minimum absolute atomic E-state index is 0.838. The molecule has 1 heterocycles. The van der Waals surface area contributed by atoms with Crippen molar-refractivity contribution in [2.24, 2.45) is 0 Å². The summed E-state index contributed by atoms with van der Waals surface area (Å²) in [5.41, 5.74) is 5.73. The average molecular weight is 344 g/mol. The summed E-state index contributed by atoms with van der Waals surface area (Å²) < 4.78 is 13.3. The van der Waals surface area contributed by atoms with Gasteiger partial charge in [-0.15, -0.1) is 0 Å². The topological polar surface area (TPSA) is 17.1 Å². The van der Waals surface area contributed by atoms with Crippen LogP contribution in [-0.4, -0.2) is 4.21 Å². The van der Waals surface area contributed by atoms with Gasteiger partial charge in [-0.1, -0.05) is 73.7 Å². The third-order valence-electron chi connectivity index (χ3n) is 4.56. The van der Waals surface area contributed by atoms with E-state index >= 15 is 0 Å². The second-order valence-corrected chi connectivity index (χ2v) is 7.67. The van der Waals surface area contributed by atoms with Crippen LogP contribution in [-0.2, 0) is 17.2 Å². The first-order valence-electron chi connectivity index (χ1n) is 8.66. The van der Waals surface area contributed by atoms with E-state index in [2.05, 4.69) is 49.4 Å². The fourth-order valence-corrected chi connectivity index (χ4v) is 4.94. The van der Waals surface area contributed by atoms with Gasteiger partial charge in [-0.25, -0.2) is 4.21 Å². The molecule has 0 radical (unpaired) electrons. The van der Waals surface area contributed by atoms with Crippen molar-refractivity contribution < 1.29 is 4.21 Å². The predicted octanol–water partition coefficient (Wildman–Crippen LogP) is 5.85. The quantitative estimate of drug-likeness (QED) is 0.456. The highest BCUT2D eigenvalue weighted by Gasteiger charge is 2.25. The Morgan fingerprint density at radius 3 is 2.52 bits per heavy atom. The average Bonchev–Trinajstić information content (AvgIpc) is 2.66. The van der Waals surface area contributed by atoms with Crippen molar-refractivity contribution in [3.8, 4) is 11.1 Å². The van der Waals surface area contributed by atoms with Gasteiger partial charge in [-0.2, -0.15) is 0 Å². The molecule has 1 aliphatic heterocycles. The molecule has 0 spiro atoms. The van der Waals surface area contributed by atoms with Crippen molar-refractivity contribution >= 4 is 16.9 Å². The first-order chi connectivity index (χ1) is 12.3. The van der Waals surface area contributed by atoms with E-state index in [4.69, 9.17) is 0 Å². The summed E-state index contributed by atoms with van der Waals surface area (Å²) >= 11 is 0. The molecule has 0 amide bonds. The molecular formula is C23H20OS. The van der Waals surface area contributed by atoms with Gasteiger partial charge in [-0.05, 0) is 52.8 Å². The third kappa shape index (κ3) is 2.98. The lowest BCUT2D eigenvalue weighted by Crippen LogP contribution is -2.11. The Hall–Kier alpha value is -2.45. The molecule has 4 rings (SSSR count). The van der Waals surface area contributed by atoms with Crippen LogP contribution in [0.5, 0.6) is 0 Å². The summed E-state index contributed by atoms with van der Waals surface area (Å²) in [5.74, 6) is 0. The lowest BCUT2D eigenvalue weighted by atomic mass is 9.95. The van der Waals surface area contributed by atoms with E-state index in [9.17, 15) is 4.21 Å². The first kappa shape index (κ1) is 16.0. The number of allylic oxidation sites excluding steroid dienone is 1. The highest BCUT2D eigenvalue weighted by Crippen LogP contribution is 2.39. The maximum atomic E-state index is 13.3. The Labute approximate surface area is 151 Å². The maximum absolute atomic E-state index is 13.3. The maximum Gasteiger partial charge on any atom is 0.0861 e. The van der Waals surface area contributed by atoms with E-state index in [0.29, 0.717) is 0 Å². The van der Waals surface area contributed by atoms with E-state index in [1.54, 1.807) is 0 Å². The molecule has 1 nitrogen and oxygen atoms in total. The summed E-state index contributed by atoms with van der Waals surface area (Å²) in [6.45, 7) is 2.14. The third-order valence-corrected chi connectivity index (χ3v) is 6.21. The van der Waals surface area contributed by atoms with E-state index in [-0.39, 0.29) is 0 Å². The van der Waals surface area contributed by atoms with Crippen LogP contribution in [0.2, 0.25) is 0 Å². The molecule has 0 saturated carbocycles. The van der Waals surface area contributed by atoms with E-state index < -0.39 is 10.8 Å². The van der Waals surface area contributed by atoms with Crippen molar-refractivity contribution in [3.63, 3.8) is 0 Å². The monoisotopic (exact) mass is 344 g/mol. The van der Waals surface area contributed by atoms with Gasteiger partial charge in [0, 0.05) is 4.90 Å². The summed E-state index contributed by atoms with van der Waals surface area (Å²) in [5, 5.41) is 0. The zero-order chi connectivity index (χ0) is 17.2. The smallest absolute Gasteiger partial charge is 0.0861 e. The van der Waals surface area contributed by atoms with Crippen molar-refractivity contribution in [1.29, 1.82) is 0 Å². The van der Waals surface area contributed by atoms with Crippen LogP contribution in [0.4, 0.5) is 0 Å². The lowest BCUT2D eigenvalue weighted by Gasteiger charge is -2.22. The SMILES string of the molecule is CCC=Cc1cc2c(c(-c3ccccc3)c1)S(=O)c1ccccc1C2. The molecule has 0 bridgehead atoms. The number of fused-ring (bicyclic) bond motifs is 2. The van der Waals surface area contributed by atoms with Crippen LogP contribution in [0.1, 0.15) is 30.0 Å². The molecule has 1 atom stereocenters. The van der Waals surface area contributed by atoms with Crippen LogP contribution in [0.15, 0.2) is 82.6 Å². The molecule has 1 unspecified atom stereocenters. The van der Waals surface area contributed by atoms with Gasteiger partial charge in [0.05, 0.1) is 15.7 Å². The molecule has 1 aliphatic rings. The molecule has 0 aromatic heterocycles. The Kier molecular flexibility index (Phi) is 4.37. The molecular weight excluding hydrogens is 324 g/mol. The van der Waals surface area contributed by atoms with Crippen molar-refractivity contribution in [2.75, 3.05) is 0 Å². The highest BCUT2D eigenvalue weighted by atomic mass is 32.2. The fourth-order valence-electron chi connectivity index (χ4n) is 3.39. The van der Waals surface area contributed by atoms with Crippen LogP contribution in [0, 0.1) is 0 Å². The number of rotatable bonds is 3. The lowest BCUT2D eigenvalue weighted by molar-refractivity contribution is 0.679. The van der Waals surface area contributed by atoms with Gasteiger partial charge in [0.1, 0.15) is 0 Å². The van der Waals surface area contributed by atoms with Gasteiger partial charge in [0.15, 0.2) is 0 Å². The van der Waals surface area contributed by atoms with E-state index in [1.807, 2.05) is 36.4 Å². The van der Waals surface area contributed by atoms with Crippen LogP contribution < -0.4 is 0 Å². The largest absolute Gasteiger partial charge is 0.249 e. The zero-order valence-electron chi connectivity index (χ0n) is 14.2. The van der Waals surface area contributed by atoms with Crippen molar-refractivity contribution in [3.05, 3.63) is 89.5 Å². The molecule has 25 heavy (non-hydrogen) atoms. The van der Waals surface area contributed by atoms with Gasteiger partial charge in [-0.3, -0.25) is 0 Å². The van der Waals surface area contributed by atoms with Crippen LogP contribution in [0.3, 0.4) is 0 Å². The second-order valence-electron chi connectivity index (χ2n) is 6.29.